The molecule has 0 amide bonds. The molecule has 2 aromatic rings. The predicted molar refractivity (Wildman–Crippen MR) is 84.5 cm³/mol. The molecule has 1 saturated heterocycles. The summed E-state index contributed by atoms with van der Waals surface area (Å²) in [5.74, 6) is -0.0487. The minimum Gasteiger partial charge on any atom is -0.394 e. The number of hydrogen-bond acceptors (Lipinski definition) is 7. The van der Waals surface area contributed by atoms with E-state index in [1.54, 1.807) is 24.3 Å². The molecule has 0 spiro atoms. The molecule has 24 heavy (non-hydrogen) atoms. The number of aromatic nitrogens is 2. The van der Waals surface area contributed by atoms with Crippen LogP contribution >= 0.6 is 0 Å². The molecule has 0 saturated carbocycles. The van der Waals surface area contributed by atoms with Crippen molar-refractivity contribution in [2.75, 3.05) is 20.7 Å². The molecule has 1 aromatic carbocycles. The van der Waals surface area contributed by atoms with Crippen LogP contribution < -0.4 is 0 Å². The van der Waals surface area contributed by atoms with Gasteiger partial charge in [0.15, 0.2) is 5.82 Å². The van der Waals surface area contributed by atoms with Crippen molar-refractivity contribution in [3.05, 3.63) is 30.1 Å². The maximum atomic E-state index is 12.7. The van der Waals surface area contributed by atoms with Crippen LogP contribution in [0.2, 0.25) is 0 Å². The van der Waals surface area contributed by atoms with E-state index in [4.69, 9.17) is 4.74 Å². The zero-order valence-electron chi connectivity index (χ0n) is 13.1. The van der Waals surface area contributed by atoms with Crippen molar-refractivity contribution in [1.29, 1.82) is 0 Å². The molecule has 3 N–H and O–H groups in total. The second kappa shape index (κ2) is 6.06. The number of fused-ring (bicyclic) bond motifs is 1. The van der Waals surface area contributed by atoms with Crippen LogP contribution in [0.25, 0.3) is 11.0 Å². The van der Waals surface area contributed by atoms with Crippen LogP contribution in [-0.4, -0.2) is 76.0 Å². The molecule has 1 aliphatic heterocycles. The van der Waals surface area contributed by atoms with Crippen molar-refractivity contribution in [1.82, 2.24) is 13.3 Å². The van der Waals surface area contributed by atoms with E-state index in [2.05, 4.69) is 4.98 Å². The Balaban J connectivity index is 2.22. The molecule has 1 fully saturated rings. The normalized spacial score (nSPS) is 28.1. The molecule has 0 unspecified atom stereocenters. The minimum absolute atomic E-state index is 0.0487. The summed E-state index contributed by atoms with van der Waals surface area (Å²) >= 11 is 0. The number of para-hydroxylation sites is 2. The van der Waals surface area contributed by atoms with Gasteiger partial charge in [-0.2, -0.15) is 12.7 Å². The highest BCUT2D eigenvalue weighted by molar-refractivity contribution is 7.87. The van der Waals surface area contributed by atoms with Crippen LogP contribution in [0, 0.1) is 0 Å². The molecule has 9 nitrogen and oxygen atoms in total. The average molecular weight is 357 g/mol. The van der Waals surface area contributed by atoms with Gasteiger partial charge in [-0.05, 0) is 12.1 Å². The summed E-state index contributed by atoms with van der Waals surface area (Å²) in [4.78, 5) is 4.28. The lowest BCUT2D eigenvalue weighted by atomic mass is 10.1. The Kier molecular flexibility index (Phi) is 4.36. The van der Waals surface area contributed by atoms with E-state index < -0.39 is 41.2 Å². The maximum absolute atomic E-state index is 12.7. The summed E-state index contributed by atoms with van der Waals surface area (Å²) in [5.41, 5.74) is 0.745. The SMILES string of the molecule is CN(C)S(=O)(=O)n1c([C@@H]2O[C@H](CO)[C@@H](O)[C@H]2O)nc2ccccc21. The number of rotatable bonds is 4. The lowest BCUT2D eigenvalue weighted by molar-refractivity contribution is -0.0253. The van der Waals surface area contributed by atoms with Gasteiger partial charge in [0, 0.05) is 14.1 Å². The van der Waals surface area contributed by atoms with Gasteiger partial charge in [-0.15, -0.1) is 0 Å². The number of aliphatic hydroxyl groups is 3. The molecule has 0 radical (unpaired) electrons. The third-order valence-electron chi connectivity index (χ3n) is 4.03. The molecule has 10 heteroatoms. The Hall–Kier alpha value is -1.56. The topological polar surface area (TPSA) is 125 Å². The fraction of sp³-hybridized carbons (Fsp3) is 0.500. The lowest BCUT2D eigenvalue weighted by Gasteiger charge is -2.19. The zero-order chi connectivity index (χ0) is 17.6. The van der Waals surface area contributed by atoms with E-state index in [1.165, 1.54) is 14.1 Å². The maximum Gasteiger partial charge on any atom is 0.309 e. The van der Waals surface area contributed by atoms with Crippen molar-refractivity contribution in [3.8, 4) is 0 Å². The van der Waals surface area contributed by atoms with Gasteiger partial charge in [0.1, 0.15) is 24.4 Å². The molecule has 4 atom stereocenters. The first-order valence-electron chi connectivity index (χ1n) is 7.32. The van der Waals surface area contributed by atoms with Gasteiger partial charge in [0.05, 0.1) is 17.6 Å². The Labute approximate surface area is 138 Å². The van der Waals surface area contributed by atoms with Crippen molar-refractivity contribution < 1.29 is 28.5 Å². The number of benzene rings is 1. The largest absolute Gasteiger partial charge is 0.394 e. The smallest absolute Gasteiger partial charge is 0.309 e. The van der Waals surface area contributed by atoms with Crippen LogP contribution in [0.3, 0.4) is 0 Å². The molecule has 2 heterocycles. The average Bonchev–Trinajstić information content (AvgIpc) is 3.06. The molecular formula is C14H19N3O6S. The van der Waals surface area contributed by atoms with Crippen LogP contribution in [0.1, 0.15) is 11.9 Å². The van der Waals surface area contributed by atoms with Gasteiger partial charge >= 0.3 is 10.2 Å². The van der Waals surface area contributed by atoms with Crippen LogP contribution in [0.4, 0.5) is 0 Å². The van der Waals surface area contributed by atoms with Crippen molar-refractivity contribution in [2.45, 2.75) is 24.4 Å². The summed E-state index contributed by atoms with van der Waals surface area (Å²) in [6.45, 7) is -0.505. The van der Waals surface area contributed by atoms with Crippen LogP contribution in [0.5, 0.6) is 0 Å². The van der Waals surface area contributed by atoms with E-state index in [9.17, 15) is 23.7 Å². The third-order valence-corrected chi connectivity index (χ3v) is 5.80. The van der Waals surface area contributed by atoms with Gasteiger partial charge in [-0.3, -0.25) is 0 Å². The van der Waals surface area contributed by atoms with Crippen molar-refractivity contribution >= 4 is 21.2 Å². The van der Waals surface area contributed by atoms with Crippen molar-refractivity contribution in [3.63, 3.8) is 0 Å². The fourth-order valence-corrected chi connectivity index (χ4v) is 3.83. The second-order valence-corrected chi connectivity index (χ2v) is 7.76. The van der Waals surface area contributed by atoms with Gasteiger partial charge in [-0.1, -0.05) is 12.1 Å². The van der Waals surface area contributed by atoms with Crippen molar-refractivity contribution in [2.24, 2.45) is 0 Å². The summed E-state index contributed by atoms with van der Waals surface area (Å²) in [6.07, 6.45) is -4.94. The highest BCUT2D eigenvalue weighted by Gasteiger charge is 2.46. The first kappa shape index (κ1) is 17.3. The minimum atomic E-state index is -3.94. The fourth-order valence-electron chi connectivity index (χ4n) is 2.72. The summed E-state index contributed by atoms with van der Waals surface area (Å²) in [7, 11) is -1.18. The van der Waals surface area contributed by atoms with E-state index in [-0.39, 0.29) is 5.82 Å². The Morgan fingerprint density at radius 2 is 1.92 bits per heavy atom. The molecule has 0 bridgehead atoms. The van der Waals surface area contributed by atoms with E-state index in [0.29, 0.717) is 11.0 Å². The molecule has 132 valence electrons. The van der Waals surface area contributed by atoms with E-state index >= 15 is 0 Å². The quantitative estimate of drug-likeness (QED) is 0.630. The molecule has 1 aromatic heterocycles. The molecule has 0 aliphatic carbocycles. The number of aliphatic hydroxyl groups excluding tert-OH is 3. The summed E-state index contributed by atoms with van der Waals surface area (Å²) in [5, 5.41) is 29.4. The highest BCUT2D eigenvalue weighted by atomic mass is 32.2. The van der Waals surface area contributed by atoms with Gasteiger partial charge < -0.3 is 20.1 Å². The zero-order valence-corrected chi connectivity index (χ0v) is 14.0. The molecular weight excluding hydrogens is 338 g/mol. The molecule has 3 rings (SSSR count). The first-order chi connectivity index (χ1) is 11.3. The Morgan fingerprint density at radius 1 is 1.25 bits per heavy atom. The first-order valence-corrected chi connectivity index (χ1v) is 8.71. The predicted octanol–water partition coefficient (Wildman–Crippen LogP) is -1.16. The summed E-state index contributed by atoms with van der Waals surface area (Å²) in [6, 6.07) is 6.62. The lowest BCUT2D eigenvalue weighted by Crippen LogP contribution is -2.34. The standard InChI is InChI=1S/C14H19N3O6S/c1-16(2)24(21,22)17-9-6-4-3-5-8(9)15-14(17)13-12(20)11(19)10(7-18)23-13/h3-6,10-13,18-20H,7H2,1-2H3/t10-,11-,12-,13-/m1/s1. The number of hydrogen-bond donors (Lipinski definition) is 3. The van der Waals surface area contributed by atoms with Gasteiger partial charge in [0.2, 0.25) is 0 Å². The monoisotopic (exact) mass is 357 g/mol. The highest BCUT2D eigenvalue weighted by Crippen LogP contribution is 2.35. The second-order valence-electron chi connectivity index (χ2n) is 5.77. The Bertz CT molecular complexity index is 849. The summed E-state index contributed by atoms with van der Waals surface area (Å²) < 4.78 is 32.9. The van der Waals surface area contributed by atoms with Crippen LogP contribution in [-0.2, 0) is 14.9 Å². The number of nitrogens with zero attached hydrogens (tertiary/aromatic N) is 3. The van der Waals surface area contributed by atoms with Gasteiger partial charge in [0.25, 0.3) is 0 Å². The Morgan fingerprint density at radius 3 is 2.50 bits per heavy atom. The molecule has 1 aliphatic rings. The van der Waals surface area contributed by atoms with Crippen LogP contribution in [0.15, 0.2) is 24.3 Å². The number of imidazole rings is 1. The third kappa shape index (κ3) is 2.51. The van der Waals surface area contributed by atoms with E-state index in [0.717, 1.165) is 8.28 Å². The van der Waals surface area contributed by atoms with Gasteiger partial charge in [-0.25, -0.2) is 8.96 Å². The van der Waals surface area contributed by atoms with E-state index in [1.807, 2.05) is 0 Å². The number of ether oxygens (including phenoxy) is 1.